The number of amides is 1. The lowest BCUT2D eigenvalue weighted by Crippen LogP contribution is -2.32. The van der Waals surface area contributed by atoms with Gasteiger partial charge in [0, 0.05) is 12.0 Å². The highest BCUT2D eigenvalue weighted by Crippen LogP contribution is 2.32. The summed E-state index contributed by atoms with van der Waals surface area (Å²) >= 11 is 0. The Kier molecular flexibility index (Phi) is 4.40. The first-order valence-corrected chi connectivity index (χ1v) is 8.60. The zero-order valence-corrected chi connectivity index (χ0v) is 14.1. The van der Waals surface area contributed by atoms with E-state index in [1.54, 1.807) is 6.07 Å². The van der Waals surface area contributed by atoms with Crippen LogP contribution in [0.4, 0.5) is 4.39 Å². The molecule has 1 heterocycles. The average Bonchev–Trinajstić information content (AvgIpc) is 2.69. The molecule has 4 rings (SSSR count). The Morgan fingerprint density at radius 3 is 2.62 bits per heavy atom. The molecule has 0 unspecified atom stereocenters. The van der Waals surface area contributed by atoms with Crippen molar-refractivity contribution < 1.29 is 13.9 Å². The predicted octanol–water partition coefficient (Wildman–Crippen LogP) is 4.75. The molecule has 0 fully saturated rings. The minimum Gasteiger partial charge on any atom is -0.493 e. The molecule has 0 bridgehead atoms. The van der Waals surface area contributed by atoms with E-state index in [9.17, 15) is 9.18 Å². The van der Waals surface area contributed by atoms with E-state index in [0.717, 1.165) is 16.9 Å². The fourth-order valence-corrected chi connectivity index (χ4v) is 3.30. The molecule has 0 aromatic heterocycles. The Hall–Kier alpha value is -3.14. The van der Waals surface area contributed by atoms with Crippen molar-refractivity contribution in [3.63, 3.8) is 0 Å². The molecule has 130 valence electrons. The summed E-state index contributed by atoms with van der Waals surface area (Å²) in [6.07, 6.45) is 0.679. The molecule has 1 atom stereocenters. The molecule has 1 aliphatic heterocycles. The van der Waals surface area contributed by atoms with Crippen LogP contribution in [0.2, 0.25) is 0 Å². The number of halogens is 1. The lowest BCUT2D eigenvalue weighted by Gasteiger charge is -2.27. The van der Waals surface area contributed by atoms with E-state index in [-0.39, 0.29) is 11.9 Å². The van der Waals surface area contributed by atoms with Crippen molar-refractivity contribution in [2.45, 2.75) is 12.5 Å². The highest BCUT2D eigenvalue weighted by molar-refractivity contribution is 6.01. The summed E-state index contributed by atoms with van der Waals surface area (Å²) < 4.78 is 19.5. The molecule has 1 amide bonds. The van der Waals surface area contributed by atoms with Crippen molar-refractivity contribution in [1.29, 1.82) is 0 Å². The molecule has 1 aliphatic rings. The standard InChI is InChI=1S/C22H18FNO2/c23-16-10-11-17(15-6-2-1-3-7-15)19(14-16)22(25)24-20-12-13-26-21-9-5-4-8-18(20)21/h1-11,14,20H,12-13H2,(H,24,25)/t20-/m0/s1. The highest BCUT2D eigenvalue weighted by Gasteiger charge is 2.24. The van der Waals surface area contributed by atoms with E-state index in [1.165, 1.54) is 12.1 Å². The van der Waals surface area contributed by atoms with Gasteiger partial charge in [-0.05, 0) is 29.3 Å². The van der Waals surface area contributed by atoms with Crippen LogP contribution in [0.25, 0.3) is 11.1 Å². The smallest absolute Gasteiger partial charge is 0.252 e. The van der Waals surface area contributed by atoms with Crippen LogP contribution in [0.1, 0.15) is 28.4 Å². The largest absolute Gasteiger partial charge is 0.493 e. The molecule has 0 saturated heterocycles. The Labute approximate surface area is 151 Å². The average molecular weight is 347 g/mol. The van der Waals surface area contributed by atoms with Crippen molar-refractivity contribution in [2.24, 2.45) is 0 Å². The van der Waals surface area contributed by atoms with Gasteiger partial charge in [-0.15, -0.1) is 0 Å². The summed E-state index contributed by atoms with van der Waals surface area (Å²) in [4.78, 5) is 13.0. The minimum absolute atomic E-state index is 0.153. The molecule has 3 aromatic carbocycles. The molecular formula is C22H18FNO2. The van der Waals surface area contributed by atoms with E-state index in [1.807, 2.05) is 54.6 Å². The SMILES string of the molecule is O=C(N[C@H]1CCOc2ccccc21)c1cc(F)ccc1-c1ccccc1. The Morgan fingerprint density at radius 2 is 1.77 bits per heavy atom. The maximum Gasteiger partial charge on any atom is 0.252 e. The lowest BCUT2D eigenvalue weighted by atomic mass is 9.97. The first-order valence-electron chi connectivity index (χ1n) is 8.60. The summed E-state index contributed by atoms with van der Waals surface area (Å²) in [5.41, 5.74) is 2.87. The number of hydrogen-bond donors (Lipinski definition) is 1. The van der Waals surface area contributed by atoms with Crippen molar-refractivity contribution in [3.8, 4) is 16.9 Å². The number of rotatable bonds is 3. The molecule has 0 spiro atoms. The monoisotopic (exact) mass is 347 g/mol. The minimum atomic E-state index is -0.429. The normalized spacial score (nSPS) is 15.7. The third-order valence-electron chi connectivity index (χ3n) is 4.57. The molecule has 26 heavy (non-hydrogen) atoms. The molecule has 3 nitrogen and oxygen atoms in total. The molecule has 0 aliphatic carbocycles. The Morgan fingerprint density at radius 1 is 1.00 bits per heavy atom. The van der Waals surface area contributed by atoms with Crippen LogP contribution in [0.3, 0.4) is 0 Å². The summed E-state index contributed by atoms with van der Waals surface area (Å²) in [5.74, 6) is 0.0684. The van der Waals surface area contributed by atoms with E-state index in [2.05, 4.69) is 5.32 Å². The van der Waals surface area contributed by atoms with Gasteiger partial charge in [-0.2, -0.15) is 0 Å². The van der Waals surface area contributed by atoms with Crippen molar-refractivity contribution in [2.75, 3.05) is 6.61 Å². The molecule has 3 aromatic rings. The lowest BCUT2D eigenvalue weighted by molar-refractivity contribution is 0.0925. The number of benzene rings is 3. The highest BCUT2D eigenvalue weighted by atomic mass is 19.1. The zero-order valence-electron chi connectivity index (χ0n) is 14.1. The van der Waals surface area contributed by atoms with E-state index in [4.69, 9.17) is 4.74 Å². The zero-order chi connectivity index (χ0) is 17.9. The number of nitrogens with one attached hydrogen (secondary N) is 1. The topological polar surface area (TPSA) is 38.3 Å². The summed E-state index contributed by atoms with van der Waals surface area (Å²) in [6.45, 7) is 0.538. The van der Waals surface area contributed by atoms with Gasteiger partial charge in [0.15, 0.2) is 0 Å². The fourth-order valence-electron chi connectivity index (χ4n) is 3.30. The second kappa shape index (κ2) is 7.00. The summed E-state index contributed by atoms with van der Waals surface area (Å²) in [6, 6.07) is 21.4. The van der Waals surface area contributed by atoms with Gasteiger partial charge in [-0.1, -0.05) is 54.6 Å². The van der Waals surface area contributed by atoms with Crippen LogP contribution >= 0.6 is 0 Å². The van der Waals surface area contributed by atoms with Gasteiger partial charge in [0.05, 0.1) is 18.2 Å². The van der Waals surface area contributed by atoms with Gasteiger partial charge in [-0.25, -0.2) is 4.39 Å². The summed E-state index contributed by atoms with van der Waals surface area (Å²) in [7, 11) is 0. The van der Waals surface area contributed by atoms with Gasteiger partial charge < -0.3 is 10.1 Å². The number of carbonyl (C=O) groups is 1. The first-order chi connectivity index (χ1) is 12.7. The first kappa shape index (κ1) is 16.3. The van der Waals surface area contributed by atoms with Crippen LogP contribution in [0.15, 0.2) is 72.8 Å². The van der Waals surface area contributed by atoms with Crippen LogP contribution in [-0.2, 0) is 0 Å². The third kappa shape index (κ3) is 3.18. The fraction of sp³-hybridized carbons (Fsp3) is 0.136. The molecular weight excluding hydrogens is 329 g/mol. The van der Waals surface area contributed by atoms with Crippen LogP contribution in [0.5, 0.6) is 5.75 Å². The van der Waals surface area contributed by atoms with E-state index in [0.29, 0.717) is 24.2 Å². The number of carbonyl (C=O) groups excluding carboxylic acids is 1. The van der Waals surface area contributed by atoms with E-state index < -0.39 is 5.82 Å². The van der Waals surface area contributed by atoms with Gasteiger partial charge in [-0.3, -0.25) is 4.79 Å². The maximum absolute atomic E-state index is 13.8. The van der Waals surface area contributed by atoms with Crippen LogP contribution in [0, 0.1) is 5.82 Å². The van der Waals surface area contributed by atoms with Crippen LogP contribution in [-0.4, -0.2) is 12.5 Å². The van der Waals surface area contributed by atoms with Gasteiger partial charge in [0.25, 0.3) is 5.91 Å². The van der Waals surface area contributed by atoms with Crippen molar-refractivity contribution >= 4 is 5.91 Å². The second-order valence-electron chi connectivity index (χ2n) is 6.26. The number of fused-ring (bicyclic) bond motifs is 1. The molecule has 0 radical (unpaired) electrons. The predicted molar refractivity (Wildman–Crippen MR) is 98.6 cm³/mol. The van der Waals surface area contributed by atoms with Crippen molar-refractivity contribution in [1.82, 2.24) is 5.32 Å². The number of para-hydroxylation sites is 1. The number of hydrogen-bond acceptors (Lipinski definition) is 2. The van der Waals surface area contributed by atoms with E-state index >= 15 is 0 Å². The Bertz CT molecular complexity index is 940. The molecule has 0 saturated carbocycles. The third-order valence-corrected chi connectivity index (χ3v) is 4.57. The quantitative estimate of drug-likeness (QED) is 0.743. The van der Waals surface area contributed by atoms with Crippen LogP contribution < -0.4 is 10.1 Å². The molecule has 4 heteroatoms. The molecule has 1 N–H and O–H groups in total. The Balaban J connectivity index is 1.67. The van der Waals surface area contributed by atoms with Gasteiger partial charge >= 0.3 is 0 Å². The second-order valence-corrected chi connectivity index (χ2v) is 6.26. The number of ether oxygens (including phenoxy) is 1. The van der Waals surface area contributed by atoms with Gasteiger partial charge in [0.2, 0.25) is 0 Å². The van der Waals surface area contributed by atoms with Gasteiger partial charge in [0.1, 0.15) is 11.6 Å². The summed E-state index contributed by atoms with van der Waals surface area (Å²) in [5, 5.41) is 3.04. The van der Waals surface area contributed by atoms with Crippen molar-refractivity contribution in [3.05, 3.63) is 89.7 Å². The maximum atomic E-state index is 13.8.